The lowest BCUT2D eigenvalue weighted by Crippen LogP contribution is -2.43. The van der Waals surface area contributed by atoms with Crippen LogP contribution in [-0.2, 0) is 18.2 Å². The number of nitrogens with one attached hydrogen (secondary N) is 1. The summed E-state index contributed by atoms with van der Waals surface area (Å²) < 4.78 is 7.59. The minimum Gasteiger partial charge on any atom is -0.501 e. The Labute approximate surface area is 169 Å². The third-order valence-electron chi connectivity index (χ3n) is 6.82. The quantitative estimate of drug-likeness (QED) is 0.776. The Kier molecular flexibility index (Phi) is 6.36. The summed E-state index contributed by atoms with van der Waals surface area (Å²) in [5.74, 6) is 2.40. The molecule has 2 fully saturated rings. The molecular formula is C24H35N3O. The molecule has 0 bridgehead atoms. The summed E-state index contributed by atoms with van der Waals surface area (Å²) >= 11 is 0. The average molecular weight is 382 g/mol. The van der Waals surface area contributed by atoms with E-state index in [1.165, 1.54) is 61.9 Å². The van der Waals surface area contributed by atoms with Crippen molar-refractivity contribution in [3.8, 4) is 0 Å². The van der Waals surface area contributed by atoms with Gasteiger partial charge in [-0.1, -0.05) is 31.4 Å². The van der Waals surface area contributed by atoms with Crippen LogP contribution in [-0.4, -0.2) is 29.2 Å². The zero-order valence-corrected chi connectivity index (χ0v) is 17.5. The molecule has 0 aromatic carbocycles. The predicted octanol–water partition coefficient (Wildman–Crippen LogP) is 4.70. The molecule has 3 aliphatic carbocycles. The van der Waals surface area contributed by atoms with Crippen LogP contribution < -0.4 is 5.32 Å². The van der Waals surface area contributed by atoms with Crippen molar-refractivity contribution in [3.05, 3.63) is 53.4 Å². The van der Waals surface area contributed by atoms with Crippen molar-refractivity contribution in [2.45, 2.75) is 63.8 Å². The molecule has 1 aromatic rings. The number of aryl methyl sites for hydroxylation is 1. The summed E-state index contributed by atoms with van der Waals surface area (Å²) in [5.41, 5.74) is 4.20. The van der Waals surface area contributed by atoms with E-state index < -0.39 is 0 Å². The first kappa shape index (κ1) is 19.5. The number of hydrogen-bond donors (Lipinski definition) is 1. The first-order chi connectivity index (χ1) is 13.7. The van der Waals surface area contributed by atoms with Crippen LogP contribution in [0, 0.1) is 11.8 Å². The van der Waals surface area contributed by atoms with Crippen molar-refractivity contribution in [3.63, 3.8) is 0 Å². The Morgan fingerprint density at radius 3 is 2.79 bits per heavy atom. The molecule has 0 radical (unpaired) electrons. The van der Waals surface area contributed by atoms with E-state index in [9.17, 15) is 0 Å². The van der Waals surface area contributed by atoms with E-state index in [2.05, 4.69) is 46.3 Å². The van der Waals surface area contributed by atoms with Crippen LogP contribution in [0.3, 0.4) is 0 Å². The van der Waals surface area contributed by atoms with Gasteiger partial charge in [-0.2, -0.15) is 0 Å². The Morgan fingerprint density at radius 2 is 2.04 bits per heavy atom. The van der Waals surface area contributed by atoms with Gasteiger partial charge in [-0.15, -0.1) is 0 Å². The van der Waals surface area contributed by atoms with Gasteiger partial charge in [0.15, 0.2) is 0 Å². The fraction of sp³-hybridized carbons (Fsp3) is 0.625. The first-order valence-corrected chi connectivity index (χ1v) is 11.1. The highest BCUT2D eigenvalue weighted by Crippen LogP contribution is 2.38. The standard InChI is InChI=1S/C24H35N3O/c1-27-16-20(26-17-27)14-23-22-12-11-21(28-2)10-8-19(22)9-13-24(23)25-15-18-6-4-3-5-7-18/h8,11-12,16-18,23-25H,3-7,9-10,13-15H2,1-2H3. The second kappa shape index (κ2) is 9.13. The highest BCUT2D eigenvalue weighted by atomic mass is 16.5. The molecule has 2 saturated carbocycles. The minimum absolute atomic E-state index is 0.478. The van der Waals surface area contributed by atoms with E-state index in [1.54, 1.807) is 7.11 Å². The van der Waals surface area contributed by atoms with Crippen molar-refractivity contribution in [1.82, 2.24) is 14.9 Å². The predicted molar refractivity (Wildman–Crippen MR) is 114 cm³/mol. The molecule has 1 aromatic heterocycles. The fourth-order valence-corrected chi connectivity index (χ4v) is 5.19. The van der Waals surface area contributed by atoms with Crippen LogP contribution in [0.25, 0.3) is 0 Å². The molecule has 1 heterocycles. The molecule has 0 spiro atoms. The van der Waals surface area contributed by atoms with E-state index >= 15 is 0 Å². The van der Waals surface area contributed by atoms with Gasteiger partial charge >= 0.3 is 0 Å². The Morgan fingerprint density at radius 1 is 1.18 bits per heavy atom. The van der Waals surface area contributed by atoms with E-state index in [0.717, 1.165) is 30.9 Å². The molecule has 2 atom stereocenters. The van der Waals surface area contributed by atoms with Crippen molar-refractivity contribution in [2.24, 2.45) is 18.9 Å². The maximum Gasteiger partial charge on any atom is 0.0993 e. The lowest BCUT2D eigenvalue weighted by molar-refractivity contribution is 0.284. The lowest BCUT2D eigenvalue weighted by Gasteiger charge is -2.37. The molecule has 0 aliphatic heterocycles. The maximum absolute atomic E-state index is 5.53. The van der Waals surface area contributed by atoms with Gasteiger partial charge in [-0.05, 0) is 61.8 Å². The Hall–Kier alpha value is -1.81. The normalized spacial score (nSPS) is 26.0. The third kappa shape index (κ3) is 4.60. The van der Waals surface area contributed by atoms with Crippen molar-refractivity contribution in [1.29, 1.82) is 0 Å². The van der Waals surface area contributed by atoms with Crippen LogP contribution in [0.2, 0.25) is 0 Å². The van der Waals surface area contributed by atoms with E-state index in [4.69, 9.17) is 4.74 Å². The molecule has 152 valence electrons. The van der Waals surface area contributed by atoms with Crippen molar-refractivity contribution >= 4 is 0 Å². The fourth-order valence-electron chi connectivity index (χ4n) is 5.19. The molecule has 28 heavy (non-hydrogen) atoms. The zero-order valence-electron chi connectivity index (χ0n) is 17.5. The number of nitrogens with zero attached hydrogens (tertiary/aromatic N) is 2. The first-order valence-electron chi connectivity index (χ1n) is 11.1. The summed E-state index contributed by atoms with van der Waals surface area (Å²) in [6.07, 6.45) is 22.3. The second-order valence-electron chi connectivity index (χ2n) is 8.79. The van der Waals surface area contributed by atoms with Crippen molar-refractivity contribution < 1.29 is 4.74 Å². The summed E-state index contributed by atoms with van der Waals surface area (Å²) in [7, 11) is 3.83. The highest BCUT2D eigenvalue weighted by molar-refractivity contribution is 5.42. The largest absolute Gasteiger partial charge is 0.501 e. The number of methoxy groups -OCH3 is 1. The molecule has 4 heteroatoms. The van der Waals surface area contributed by atoms with Crippen LogP contribution in [0.1, 0.15) is 57.1 Å². The number of fused-ring (bicyclic) bond motifs is 1. The van der Waals surface area contributed by atoms with Gasteiger partial charge < -0.3 is 14.6 Å². The van der Waals surface area contributed by atoms with Gasteiger partial charge in [-0.25, -0.2) is 4.98 Å². The summed E-state index contributed by atoms with van der Waals surface area (Å²) in [4.78, 5) is 4.63. The molecule has 0 saturated heterocycles. The van der Waals surface area contributed by atoms with Gasteiger partial charge in [0.2, 0.25) is 0 Å². The molecule has 4 rings (SSSR count). The summed E-state index contributed by atoms with van der Waals surface area (Å²) in [6.45, 7) is 1.18. The van der Waals surface area contributed by atoms with Crippen LogP contribution in [0.5, 0.6) is 0 Å². The smallest absolute Gasteiger partial charge is 0.0993 e. The van der Waals surface area contributed by atoms with Crippen LogP contribution >= 0.6 is 0 Å². The van der Waals surface area contributed by atoms with Gasteiger partial charge in [0.25, 0.3) is 0 Å². The molecule has 1 N–H and O–H groups in total. The second-order valence-corrected chi connectivity index (χ2v) is 8.79. The molecule has 0 amide bonds. The SMILES string of the molecule is COC1=CC=C2C(=CC1)CCC(NCC1CCCCC1)C2Cc1cn(C)cn1. The minimum atomic E-state index is 0.478. The third-order valence-corrected chi connectivity index (χ3v) is 6.82. The van der Waals surface area contributed by atoms with Gasteiger partial charge in [0.05, 0.1) is 24.9 Å². The molecule has 4 nitrogen and oxygen atoms in total. The average Bonchev–Trinajstić information content (AvgIpc) is 3.01. The van der Waals surface area contributed by atoms with Gasteiger partial charge in [-0.3, -0.25) is 0 Å². The maximum atomic E-state index is 5.53. The van der Waals surface area contributed by atoms with E-state index in [-0.39, 0.29) is 0 Å². The van der Waals surface area contributed by atoms with Crippen LogP contribution in [0.4, 0.5) is 0 Å². The Bertz CT molecular complexity index is 752. The van der Waals surface area contributed by atoms with Crippen molar-refractivity contribution in [2.75, 3.05) is 13.7 Å². The molecule has 2 unspecified atom stereocenters. The number of aromatic nitrogens is 2. The number of ether oxygens (including phenoxy) is 1. The zero-order chi connectivity index (χ0) is 19.3. The van der Waals surface area contributed by atoms with Crippen LogP contribution in [0.15, 0.2) is 47.7 Å². The number of imidazole rings is 1. The summed E-state index contributed by atoms with van der Waals surface area (Å²) in [6, 6.07) is 0.532. The van der Waals surface area contributed by atoms with Gasteiger partial charge in [0, 0.05) is 31.6 Å². The Balaban J connectivity index is 1.54. The van der Waals surface area contributed by atoms with E-state index in [1.807, 2.05) is 6.33 Å². The number of hydrogen-bond acceptors (Lipinski definition) is 3. The van der Waals surface area contributed by atoms with Gasteiger partial charge in [0.1, 0.15) is 0 Å². The number of rotatable bonds is 6. The molecule has 3 aliphatic rings. The number of allylic oxidation sites excluding steroid dienone is 4. The summed E-state index contributed by atoms with van der Waals surface area (Å²) in [5, 5.41) is 3.99. The highest BCUT2D eigenvalue weighted by Gasteiger charge is 2.33. The lowest BCUT2D eigenvalue weighted by atomic mass is 9.74. The monoisotopic (exact) mass is 381 g/mol. The topological polar surface area (TPSA) is 39.1 Å². The van der Waals surface area contributed by atoms with E-state index in [0.29, 0.717) is 12.0 Å². The molecular weight excluding hydrogens is 346 g/mol.